The van der Waals surface area contributed by atoms with Crippen molar-refractivity contribution in [2.45, 2.75) is 0 Å². The maximum atomic E-state index is 11.4. The second-order valence-corrected chi connectivity index (χ2v) is 3.96. The molecular weight excluding hydrogens is 278 g/mol. The number of benzene rings is 1. The Morgan fingerprint density at radius 3 is 2.60 bits per heavy atom. The molecule has 0 aliphatic carbocycles. The minimum atomic E-state index is -0.216. The van der Waals surface area contributed by atoms with E-state index in [9.17, 15) is 4.79 Å². The highest BCUT2D eigenvalue weighted by atomic mass is 79.9. The molecule has 0 atom stereocenters. The molecule has 0 saturated heterocycles. The van der Waals surface area contributed by atoms with Crippen LogP contribution < -0.4 is 11.2 Å². The molecule has 4 nitrogen and oxygen atoms in total. The van der Waals surface area contributed by atoms with E-state index in [4.69, 9.17) is 5.73 Å². The predicted octanol–water partition coefficient (Wildman–Crippen LogP) is 1.45. The molecule has 0 aliphatic rings. The average Bonchev–Trinajstić information content (AvgIpc) is 2.18. The second kappa shape index (κ2) is 5.57. The van der Waals surface area contributed by atoms with E-state index in [0.717, 1.165) is 10.7 Å². The van der Waals surface area contributed by atoms with Gasteiger partial charge >= 0.3 is 0 Å². The summed E-state index contributed by atoms with van der Waals surface area (Å²) in [6.45, 7) is 0. The predicted molar refractivity (Wildman–Crippen MR) is 66.9 cm³/mol. The van der Waals surface area contributed by atoms with Crippen LogP contribution in [0.25, 0.3) is 0 Å². The minimum Gasteiger partial charge on any atom is -0.375 e. The molecule has 0 aromatic heterocycles. The minimum absolute atomic E-state index is 0.0230. The molecule has 15 heavy (non-hydrogen) atoms. The van der Waals surface area contributed by atoms with Crippen molar-refractivity contribution in [1.82, 2.24) is 5.43 Å². The number of hydrogen-bond acceptors (Lipinski definition) is 3. The first-order valence-corrected chi connectivity index (χ1v) is 5.18. The molecule has 3 N–H and O–H groups in total. The Balaban J connectivity index is 2.65. The number of rotatable bonds is 3. The third-order valence-corrected chi connectivity index (χ3v) is 2.11. The van der Waals surface area contributed by atoms with Gasteiger partial charge in [-0.25, -0.2) is 0 Å². The van der Waals surface area contributed by atoms with Gasteiger partial charge in [0.25, 0.3) is 0 Å². The first-order valence-electron chi connectivity index (χ1n) is 3.98. The number of ketones is 1. The van der Waals surface area contributed by atoms with Gasteiger partial charge in [-0.15, -0.1) is 0 Å². The number of halogens is 1. The van der Waals surface area contributed by atoms with E-state index in [-0.39, 0.29) is 10.9 Å². The highest BCUT2D eigenvalue weighted by Gasteiger charge is 2.01. The van der Waals surface area contributed by atoms with Gasteiger partial charge in [0.15, 0.2) is 5.11 Å². The zero-order chi connectivity index (χ0) is 11.3. The number of Topliss-reactive ketones (excluding diaryl/α,β-unsaturated/α-hetero) is 1. The first kappa shape index (κ1) is 11.8. The highest BCUT2D eigenvalue weighted by Crippen LogP contribution is 2.10. The van der Waals surface area contributed by atoms with Crippen LogP contribution >= 0.6 is 28.1 Å². The lowest BCUT2D eigenvalue weighted by Crippen LogP contribution is -2.24. The Morgan fingerprint density at radius 1 is 1.47 bits per heavy atom. The lowest BCUT2D eigenvalue weighted by atomic mass is 10.1. The molecule has 1 rings (SSSR count). The Morgan fingerprint density at radius 2 is 2.07 bits per heavy atom. The van der Waals surface area contributed by atoms with Crippen LogP contribution in [0.15, 0.2) is 33.8 Å². The monoisotopic (exact) mass is 285 g/mol. The second-order valence-electron chi connectivity index (χ2n) is 2.61. The number of nitrogens with zero attached hydrogens (tertiary/aromatic N) is 1. The van der Waals surface area contributed by atoms with Gasteiger partial charge < -0.3 is 5.73 Å². The molecular formula is C9H8BrN3OS. The standard InChI is InChI=1S/C9H8BrN3OS/c10-7-3-1-6(2-4-7)8(14)5-12-13-9(11)15/h1-5H,(H3,11,13,15)/b12-5+. The van der Waals surface area contributed by atoms with Gasteiger partial charge in [-0.3, -0.25) is 10.2 Å². The molecule has 1 aromatic rings. The molecule has 0 amide bonds. The number of nitrogens with two attached hydrogens (primary N) is 1. The van der Waals surface area contributed by atoms with E-state index in [1.165, 1.54) is 0 Å². The maximum absolute atomic E-state index is 11.4. The fraction of sp³-hybridized carbons (Fsp3) is 0. The van der Waals surface area contributed by atoms with Crippen molar-refractivity contribution >= 4 is 45.3 Å². The van der Waals surface area contributed by atoms with E-state index in [0.29, 0.717) is 5.56 Å². The van der Waals surface area contributed by atoms with E-state index >= 15 is 0 Å². The topological polar surface area (TPSA) is 67.5 Å². The summed E-state index contributed by atoms with van der Waals surface area (Å²) in [7, 11) is 0. The molecule has 0 fully saturated rings. The van der Waals surface area contributed by atoms with Crippen LogP contribution in [-0.4, -0.2) is 17.1 Å². The molecule has 0 heterocycles. The number of nitrogens with one attached hydrogen (secondary N) is 1. The van der Waals surface area contributed by atoms with Gasteiger partial charge in [0.05, 0.1) is 6.21 Å². The Kier molecular flexibility index (Phi) is 4.38. The van der Waals surface area contributed by atoms with Crippen molar-refractivity contribution in [3.8, 4) is 0 Å². The van der Waals surface area contributed by atoms with Crippen LogP contribution in [0.1, 0.15) is 10.4 Å². The summed E-state index contributed by atoms with van der Waals surface area (Å²) >= 11 is 7.79. The number of hydrazone groups is 1. The fourth-order valence-corrected chi connectivity index (χ4v) is 1.16. The normalized spacial score (nSPS) is 10.2. The average molecular weight is 286 g/mol. The van der Waals surface area contributed by atoms with Crippen LogP contribution in [0.5, 0.6) is 0 Å². The van der Waals surface area contributed by atoms with E-state index < -0.39 is 0 Å². The summed E-state index contributed by atoms with van der Waals surface area (Å²) < 4.78 is 0.914. The molecule has 0 aliphatic heterocycles. The summed E-state index contributed by atoms with van der Waals surface area (Å²) in [5.41, 5.74) is 7.98. The van der Waals surface area contributed by atoms with Crippen LogP contribution in [0, 0.1) is 0 Å². The zero-order valence-electron chi connectivity index (χ0n) is 7.61. The van der Waals surface area contributed by atoms with Gasteiger partial charge in [-0.1, -0.05) is 15.9 Å². The largest absolute Gasteiger partial charge is 0.375 e. The van der Waals surface area contributed by atoms with Crippen LogP contribution in [0.4, 0.5) is 0 Å². The van der Waals surface area contributed by atoms with Crippen molar-refractivity contribution in [1.29, 1.82) is 0 Å². The molecule has 0 radical (unpaired) electrons. The molecule has 1 aromatic carbocycles. The SMILES string of the molecule is NC(=S)N/N=C/C(=O)c1ccc(Br)cc1. The van der Waals surface area contributed by atoms with Crippen molar-refractivity contribution < 1.29 is 4.79 Å². The van der Waals surface area contributed by atoms with Crippen molar-refractivity contribution in [3.63, 3.8) is 0 Å². The molecule has 0 unspecified atom stereocenters. The summed E-state index contributed by atoms with van der Waals surface area (Å²) in [4.78, 5) is 11.4. The summed E-state index contributed by atoms with van der Waals surface area (Å²) in [6, 6.07) is 6.95. The van der Waals surface area contributed by atoms with Crippen LogP contribution in [0.3, 0.4) is 0 Å². The lowest BCUT2D eigenvalue weighted by molar-refractivity contribution is 0.107. The van der Waals surface area contributed by atoms with Gasteiger partial charge in [-0.2, -0.15) is 5.10 Å². The number of hydrogen-bond donors (Lipinski definition) is 2. The van der Waals surface area contributed by atoms with E-state index in [2.05, 4.69) is 38.7 Å². The smallest absolute Gasteiger partial charge is 0.205 e. The molecule has 0 spiro atoms. The Hall–Kier alpha value is -1.27. The van der Waals surface area contributed by atoms with Crippen molar-refractivity contribution in [2.24, 2.45) is 10.8 Å². The van der Waals surface area contributed by atoms with E-state index in [1.807, 2.05) is 0 Å². The summed E-state index contributed by atoms with van der Waals surface area (Å²) in [5, 5.41) is 3.59. The highest BCUT2D eigenvalue weighted by molar-refractivity contribution is 9.10. The van der Waals surface area contributed by atoms with Gasteiger partial charge in [0.1, 0.15) is 0 Å². The van der Waals surface area contributed by atoms with Gasteiger partial charge in [0.2, 0.25) is 5.78 Å². The molecule has 78 valence electrons. The van der Waals surface area contributed by atoms with Gasteiger partial charge in [0, 0.05) is 10.0 Å². The lowest BCUT2D eigenvalue weighted by Gasteiger charge is -1.96. The molecule has 0 saturated carbocycles. The van der Waals surface area contributed by atoms with E-state index in [1.54, 1.807) is 24.3 Å². The van der Waals surface area contributed by atoms with Crippen molar-refractivity contribution in [2.75, 3.05) is 0 Å². The van der Waals surface area contributed by atoms with Crippen LogP contribution in [-0.2, 0) is 0 Å². The Bertz CT molecular complexity index is 402. The zero-order valence-corrected chi connectivity index (χ0v) is 10.0. The molecule has 0 bridgehead atoms. The number of carbonyl (C=O) groups is 1. The fourth-order valence-electron chi connectivity index (χ4n) is 0.843. The van der Waals surface area contributed by atoms with Crippen LogP contribution in [0.2, 0.25) is 0 Å². The summed E-state index contributed by atoms with van der Waals surface area (Å²) in [6.07, 6.45) is 1.13. The third kappa shape index (κ3) is 4.18. The summed E-state index contributed by atoms with van der Waals surface area (Å²) in [5.74, 6) is -0.216. The molecule has 6 heteroatoms. The number of carbonyl (C=O) groups excluding carboxylic acids is 1. The number of thiocarbonyl (C=S) groups is 1. The van der Waals surface area contributed by atoms with Gasteiger partial charge in [-0.05, 0) is 36.5 Å². The first-order chi connectivity index (χ1) is 7.09. The quantitative estimate of drug-likeness (QED) is 0.382. The maximum Gasteiger partial charge on any atom is 0.205 e. The third-order valence-electron chi connectivity index (χ3n) is 1.49. The Labute approximate surface area is 101 Å². The van der Waals surface area contributed by atoms with Crippen molar-refractivity contribution in [3.05, 3.63) is 34.3 Å².